The number of likely N-dealkylation sites (tertiary alicyclic amines) is 1. The van der Waals surface area contributed by atoms with Gasteiger partial charge in [-0.1, -0.05) is 32.0 Å². The fourth-order valence-electron chi connectivity index (χ4n) is 3.84. The molecule has 1 fully saturated rings. The number of piperidine rings is 1. The summed E-state index contributed by atoms with van der Waals surface area (Å²) in [7, 11) is 0. The Morgan fingerprint density at radius 1 is 1.12 bits per heavy atom. The topological polar surface area (TPSA) is 40.6 Å². The largest absolute Gasteiger partial charge is 0.343 e. The Morgan fingerprint density at radius 2 is 1.83 bits per heavy atom. The SMILES string of the molecule is CC(C)CC(=O)N1CCC(C(=O)N2CCCc3ccccc32)CC1. The van der Waals surface area contributed by atoms with E-state index in [0.29, 0.717) is 12.3 Å². The van der Waals surface area contributed by atoms with Crippen molar-refractivity contribution in [1.82, 2.24) is 4.90 Å². The average Bonchev–Trinajstić information content (AvgIpc) is 2.60. The van der Waals surface area contributed by atoms with Crippen LogP contribution in [0.1, 0.15) is 45.1 Å². The van der Waals surface area contributed by atoms with Crippen LogP contribution in [0.4, 0.5) is 5.69 Å². The zero-order valence-electron chi connectivity index (χ0n) is 14.8. The molecule has 1 aromatic rings. The van der Waals surface area contributed by atoms with Crippen LogP contribution in [0, 0.1) is 11.8 Å². The number of fused-ring (bicyclic) bond motifs is 1. The Morgan fingerprint density at radius 3 is 2.54 bits per heavy atom. The summed E-state index contributed by atoms with van der Waals surface area (Å²) >= 11 is 0. The first-order chi connectivity index (χ1) is 11.6. The van der Waals surface area contributed by atoms with E-state index in [1.807, 2.05) is 21.9 Å². The summed E-state index contributed by atoms with van der Waals surface area (Å²) in [6.07, 6.45) is 4.29. The predicted molar refractivity (Wildman–Crippen MR) is 95.9 cm³/mol. The second kappa shape index (κ2) is 7.37. The molecule has 3 rings (SSSR count). The molecule has 0 unspecified atom stereocenters. The van der Waals surface area contributed by atoms with Crippen LogP contribution in [-0.2, 0) is 16.0 Å². The minimum Gasteiger partial charge on any atom is -0.343 e. The number of carbonyl (C=O) groups is 2. The van der Waals surface area contributed by atoms with E-state index in [4.69, 9.17) is 0 Å². The maximum atomic E-state index is 13.0. The van der Waals surface area contributed by atoms with Crippen molar-refractivity contribution in [3.05, 3.63) is 29.8 Å². The minimum absolute atomic E-state index is 0.0549. The molecule has 0 N–H and O–H groups in total. The van der Waals surface area contributed by atoms with E-state index in [9.17, 15) is 9.59 Å². The molecule has 2 aliphatic heterocycles. The zero-order valence-corrected chi connectivity index (χ0v) is 14.8. The zero-order chi connectivity index (χ0) is 17.1. The highest BCUT2D eigenvalue weighted by molar-refractivity contribution is 5.96. The molecular weight excluding hydrogens is 300 g/mol. The molecule has 4 nitrogen and oxygen atoms in total. The Bertz CT molecular complexity index is 603. The number of benzene rings is 1. The molecule has 2 heterocycles. The van der Waals surface area contributed by atoms with Crippen LogP contribution < -0.4 is 4.90 Å². The quantitative estimate of drug-likeness (QED) is 0.854. The molecule has 0 aromatic heterocycles. The lowest BCUT2D eigenvalue weighted by Crippen LogP contribution is -2.46. The Kier molecular flexibility index (Phi) is 5.22. The third-order valence-corrected chi connectivity index (χ3v) is 5.16. The number of hydrogen-bond donors (Lipinski definition) is 0. The number of aryl methyl sites for hydroxylation is 1. The van der Waals surface area contributed by atoms with Crippen molar-refractivity contribution in [1.29, 1.82) is 0 Å². The van der Waals surface area contributed by atoms with E-state index in [1.165, 1.54) is 5.56 Å². The minimum atomic E-state index is 0.0549. The second-order valence-corrected chi connectivity index (χ2v) is 7.48. The fraction of sp³-hybridized carbons (Fsp3) is 0.600. The van der Waals surface area contributed by atoms with Gasteiger partial charge in [0.15, 0.2) is 0 Å². The molecule has 1 saturated heterocycles. The number of nitrogens with zero attached hydrogens (tertiary/aromatic N) is 2. The Balaban J connectivity index is 1.61. The first kappa shape index (κ1) is 17.0. The van der Waals surface area contributed by atoms with Crippen molar-refractivity contribution in [3.8, 4) is 0 Å². The molecule has 0 spiro atoms. The van der Waals surface area contributed by atoms with Crippen LogP contribution in [0.5, 0.6) is 0 Å². The molecule has 24 heavy (non-hydrogen) atoms. The predicted octanol–water partition coefficient (Wildman–Crippen LogP) is 3.25. The van der Waals surface area contributed by atoms with Crippen molar-refractivity contribution in [3.63, 3.8) is 0 Å². The smallest absolute Gasteiger partial charge is 0.230 e. The molecular formula is C20H28N2O2. The van der Waals surface area contributed by atoms with Crippen LogP contribution in [0.2, 0.25) is 0 Å². The van der Waals surface area contributed by atoms with E-state index < -0.39 is 0 Å². The van der Waals surface area contributed by atoms with Crippen molar-refractivity contribution >= 4 is 17.5 Å². The molecule has 0 radical (unpaired) electrons. The second-order valence-electron chi connectivity index (χ2n) is 7.48. The number of hydrogen-bond acceptors (Lipinski definition) is 2. The molecule has 130 valence electrons. The average molecular weight is 328 g/mol. The third kappa shape index (κ3) is 3.63. The van der Waals surface area contributed by atoms with Gasteiger partial charge in [0.05, 0.1) is 0 Å². The monoisotopic (exact) mass is 328 g/mol. The van der Waals surface area contributed by atoms with Gasteiger partial charge in [-0.3, -0.25) is 9.59 Å². The maximum absolute atomic E-state index is 13.0. The highest BCUT2D eigenvalue weighted by Gasteiger charge is 2.32. The van der Waals surface area contributed by atoms with Crippen LogP contribution in [-0.4, -0.2) is 36.3 Å². The standard InChI is InChI=1S/C20H28N2O2/c1-15(2)14-19(23)21-12-9-17(10-13-21)20(24)22-11-5-7-16-6-3-4-8-18(16)22/h3-4,6,8,15,17H,5,7,9-14H2,1-2H3. The van der Waals surface area contributed by atoms with Crippen LogP contribution in [0.15, 0.2) is 24.3 Å². The molecule has 0 saturated carbocycles. The molecule has 2 aliphatic rings. The van der Waals surface area contributed by atoms with Crippen LogP contribution in [0.25, 0.3) is 0 Å². The lowest BCUT2D eigenvalue weighted by molar-refractivity contribution is -0.135. The van der Waals surface area contributed by atoms with Gasteiger partial charge in [0.2, 0.25) is 11.8 Å². The van der Waals surface area contributed by atoms with Crippen molar-refractivity contribution < 1.29 is 9.59 Å². The van der Waals surface area contributed by atoms with Gasteiger partial charge in [0.1, 0.15) is 0 Å². The van der Waals surface area contributed by atoms with Crippen molar-refractivity contribution in [2.24, 2.45) is 11.8 Å². The first-order valence-corrected chi connectivity index (χ1v) is 9.23. The summed E-state index contributed by atoms with van der Waals surface area (Å²) in [5, 5.41) is 0. The van der Waals surface area contributed by atoms with Gasteiger partial charge in [-0.25, -0.2) is 0 Å². The summed E-state index contributed by atoms with van der Waals surface area (Å²) < 4.78 is 0. The van der Waals surface area contributed by atoms with Gasteiger partial charge in [0.25, 0.3) is 0 Å². The lowest BCUT2D eigenvalue weighted by atomic mass is 9.92. The van der Waals surface area contributed by atoms with E-state index >= 15 is 0 Å². The van der Waals surface area contributed by atoms with Gasteiger partial charge in [-0.15, -0.1) is 0 Å². The third-order valence-electron chi connectivity index (χ3n) is 5.16. The normalized spacial score (nSPS) is 18.6. The van der Waals surface area contributed by atoms with E-state index in [0.717, 1.165) is 51.0 Å². The molecule has 0 bridgehead atoms. The van der Waals surface area contributed by atoms with Gasteiger partial charge in [-0.2, -0.15) is 0 Å². The fourth-order valence-corrected chi connectivity index (χ4v) is 3.84. The highest BCUT2D eigenvalue weighted by Crippen LogP contribution is 2.30. The Labute approximate surface area is 144 Å². The van der Waals surface area contributed by atoms with Crippen molar-refractivity contribution in [2.45, 2.75) is 46.0 Å². The molecule has 4 heteroatoms. The van der Waals surface area contributed by atoms with Gasteiger partial charge >= 0.3 is 0 Å². The van der Waals surface area contributed by atoms with E-state index in [-0.39, 0.29) is 17.7 Å². The van der Waals surface area contributed by atoms with Gasteiger partial charge < -0.3 is 9.80 Å². The summed E-state index contributed by atoms with van der Waals surface area (Å²) in [5.41, 5.74) is 2.37. The highest BCUT2D eigenvalue weighted by atomic mass is 16.2. The summed E-state index contributed by atoms with van der Waals surface area (Å²) in [6.45, 7) is 6.40. The number of anilines is 1. The summed E-state index contributed by atoms with van der Waals surface area (Å²) in [4.78, 5) is 29.1. The van der Waals surface area contributed by atoms with Crippen molar-refractivity contribution in [2.75, 3.05) is 24.5 Å². The number of rotatable bonds is 3. The first-order valence-electron chi connectivity index (χ1n) is 9.23. The number of para-hydroxylation sites is 1. The summed E-state index contributed by atoms with van der Waals surface area (Å²) in [5.74, 6) is 0.929. The molecule has 2 amide bonds. The Hall–Kier alpha value is -1.84. The number of amides is 2. The van der Waals surface area contributed by atoms with E-state index in [1.54, 1.807) is 0 Å². The maximum Gasteiger partial charge on any atom is 0.230 e. The van der Waals surface area contributed by atoms with Gasteiger partial charge in [0, 0.05) is 37.7 Å². The molecule has 1 aromatic carbocycles. The van der Waals surface area contributed by atoms with Crippen LogP contribution in [0.3, 0.4) is 0 Å². The number of carbonyl (C=O) groups excluding carboxylic acids is 2. The summed E-state index contributed by atoms with van der Waals surface area (Å²) in [6, 6.07) is 8.25. The van der Waals surface area contributed by atoms with Crippen LogP contribution >= 0.6 is 0 Å². The van der Waals surface area contributed by atoms with Gasteiger partial charge in [-0.05, 0) is 43.2 Å². The molecule has 0 aliphatic carbocycles. The van der Waals surface area contributed by atoms with E-state index in [2.05, 4.69) is 26.0 Å². The molecule has 0 atom stereocenters. The lowest BCUT2D eigenvalue weighted by Gasteiger charge is -2.36.